The number of nitrogens with zero attached hydrogens (tertiary/aromatic N) is 3. The molecule has 2 heterocycles. The Balaban J connectivity index is 1.39. The molecule has 0 aliphatic heterocycles. The molecule has 1 atom stereocenters. The summed E-state index contributed by atoms with van der Waals surface area (Å²) in [6.07, 6.45) is 6.05. The van der Waals surface area contributed by atoms with E-state index in [2.05, 4.69) is 20.4 Å². The molecule has 0 saturated carbocycles. The van der Waals surface area contributed by atoms with Crippen LogP contribution in [0.5, 0.6) is 0 Å². The van der Waals surface area contributed by atoms with Crippen molar-refractivity contribution in [1.29, 1.82) is 0 Å². The summed E-state index contributed by atoms with van der Waals surface area (Å²) < 4.78 is 1.92. The van der Waals surface area contributed by atoms with Crippen molar-refractivity contribution >= 4 is 16.9 Å². The van der Waals surface area contributed by atoms with Gasteiger partial charge in [-0.2, -0.15) is 5.10 Å². The Bertz CT molecular complexity index is 846. The Morgan fingerprint density at radius 2 is 2.29 bits per heavy atom. The number of nitrogens with one attached hydrogen (secondary N) is 2. The lowest BCUT2D eigenvalue weighted by atomic mass is 9.93. The van der Waals surface area contributed by atoms with Gasteiger partial charge in [0.1, 0.15) is 5.82 Å². The molecule has 6 nitrogen and oxygen atoms in total. The summed E-state index contributed by atoms with van der Waals surface area (Å²) in [5.74, 6) is 0.925. The minimum absolute atomic E-state index is 0.0668. The number of carbonyl (C=O) groups excluding carboxylic acids is 1. The molecule has 0 radical (unpaired) electrons. The van der Waals surface area contributed by atoms with Gasteiger partial charge in [-0.3, -0.25) is 9.48 Å². The second kappa shape index (κ2) is 6.11. The average Bonchev–Trinajstić information content (AvgIpc) is 3.17. The normalized spacial score (nSPS) is 17.0. The van der Waals surface area contributed by atoms with Crippen molar-refractivity contribution in [2.45, 2.75) is 38.1 Å². The number of para-hydroxylation sites is 2. The predicted octanol–water partition coefficient (Wildman–Crippen LogP) is 2.42. The van der Waals surface area contributed by atoms with Gasteiger partial charge >= 0.3 is 0 Å². The Kier molecular flexibility index (Phi) is 3.80. The molecular weight excluding hydrogens is 302 g/mol. The molecule has 6 heteroatoms. The lowest BCUT2D eigenvalue weighted by molar-refractivity contribution is -0.121. The highest BCUT2D eigenvalue weighted by Crippen LogP contribution is 2.29. The number of benzene rings is 1. The summed E-state index contributed by atoms with van der Waals surface area (Å²) in [6, 6.07) is 8.00. The number of hydrogen-bond donors (Lipinski definition) is 2. The third-order valence-electron chi connectivity index (χ3n) is 4.74. The van der Waals surface area contributed by atoms with Crippen molar-refractivity contribution in [3.05, 3.63) is 47.5 Å². The maximum Gasteiger partial charge on any atom is 0.220 e. The summed E-state index contributed by atoms with van der Waals surface area (Å²) in [5.41, 5.74) is 4.37. The summed E-state index contributed by atoms with van der Waals surface area (Å²) in [5, 5.41) is 7.48. The van der Waals surface area contributed by atoms with Gasteiger partial charge < -0.3 is 10.3 Å². The molecule has 1 aliphatic rings. The van der Waals surface area contributed by atoms with Crippen LogP contribution < -0.4 is 5.32 Å². The molecule has 1 aliphatic carbocycles. The zero-order chi connectivity index (χ0) is 16.5. The topological polar surface area (TPSA) is 75.6 Å². The standard InChI is InChI=1S/C18H21N5O/c1-23-16-8-4-7-13(12(16)11-19-23)22-18(24)10-9-17-20-14-5-2-3-6-15(14)21-17/h2-3,5-6,11,13H,4,7-10H2,1H3,(H,20,21)(H,22,24)/t13-/m0/s1. The highest BCUT2D eigenvalue weighted by molar-refractivity contribution is 5.77. The number of aryl methyl sites for hydroxylation is 2. The number of amides is 1. The van der Waals surface area contributed by atoms with Gasteiger partial charge in [-0.1, -0.05) is 12.1 Å². The molecular formula is C18H21N5O. The fraction of sp³-hybridized carbons (Fsp3) is 0.389. The molecule has 24 heavy (non-hydrogen) atoms. The highest BCUT2D eigenvalue weighted by Gasteiger charge is 2.24. The second-order valence-corrected chi connectivity index (χ2v) is 6.38. The minimum Gasteiger partial charge on any atom is -0.349 e. The third kappa shape index (κ3) is 2.79. The van der Waals surface area contributed by atoms with Crippen molar-refractivity contribution in [3.8, 4) is 0 Å². The zero-order valence-electron chi connectivity index (χ0n) is 13.7. The van der Waals surface area contributed by atoms with Crippen LogP contribution in [-0.4, -0.2) is 25.7 Å². The Morgan fingerprint density at radius 3 is 3.17 bits per heavy atom. The maximum atomic E-state index is 12.3. The number of hydrogen-bond acceptors (Lipinski definition) is 3. The number of fused-ring (bicyclic) bond motifs is 2. The van der Waals surface area contributed by atoms with Crippen LogP contribution in [0.1, 0.15) is 42.4 Å². The van der Waals surface area contributed by atoms with Crippen molar-refractivity contribution in [2.24, 2.45) is 7.05 Å². The summed E-state index contributed by atoms with van der Waals surface area (Å²) in [7, 11) is 1.96. The SMILES string of the molecule is Cn1ncc2c1CCC[C@@H]2NC(=O)CCc1nc2ccccc2[nH]1. The van der Waals surface area contributed by atoms with Gasteiger partial charge in [-0.25, -0.2) is 4.98 Å². The van der Waals surface area contributed by atoms with Gasteiger partial charge in [0.2, 0.25) is 5.91 Å². The van der Waals surface area contributed by atoms with E-state index in [0.29, 0.717) is 12.8 Å². The van der Waals surface area contributed by atoms with E-state index in [0.717, 1.165) is 36.1 Å². The Hall–Kier alpha value is -2.63. The first-order valence-electron chi connectivity index (χ1n) is 8.44. The van der Waals surface area contributed by atoms with Gasteiger partial charge in [-0.05, 0) is 31.4 Å². The van der Waals surface area contributed by atoms with Crippen LogP contribution in [0, 0.1) is 0 Å². The van der Waals surface area contributed by atoms with E-state index in [1.807, 2.05) is 42.2 Å². The van der Waals surface area contributed by atoms with Crippen molar-refractivity contribution in [1.82, 2.24) is 25.1 Å². The summed E-state index contributed by atoms with van der Waals surface area (Å²) in [6.45, 7) is 0. The number of carbonyl (C=O) groups is 1. The van der Waals surface area contributed by atoms with Crippen LogP contribution >= 0.6 is 0 Å². The van der Waals surface area contributed by atoms with Crippen LogP contribution in [-0.2, 0) is 24.7 Å². The molecule has 124 valence electrons. The van der Waals surface area contributed by atoms with Crippen LogP contribution in [0.4, 0.5) is 0 Å². The number of H-pyrrole nitrogens is 1. The van der Waals surface area contributed by atoms with Gasteiger partial charge in [0.25, 0.3) is 0 Å². The van der Waals surface area contributed by atoms with Crippen LogP contribution in [0.2, 0.25) is 0 Å². The predicted molar refractivity (Wildman–Crippen MR) is 91.4 cm³/mol. The largest absolute Gasteiger partial charge is 0.349 e. The average molecular weight is 323 g/mol. The van der Waals surface area contributed by atoms with E-state index >= 15 is 0 Å². The van der Waals surface area contributed by atoms with E-state index in [-0.39, 0.29) is 11.9 Å². The molecule has 1 aromatic carbocycles. The van der Waals surface area contributed by atoms with Gasteiger partial charge in [0.05, 0.1) is 23.3 Å². The highest BCUT2D eigenvalue weighted by atomic mass is 16.1. The first-order chi connectivity index (χ1) is 11.7. The first-order valence-corrected chi connectivity index (χ1v) is 8.44. The molecule has 2 aromatic heterocycles. The molecule has 2 N–H and O–H groups in total. The fourth-order valence-corrected chi connectivity index (χ4v) is 3.48. The second-order valence-electron chi connectivity index (χ2n) is 6.38. The minimum atomic E-state index is 0.0668. The molecule has 4 rings (SSSR count). The third-order valence-corrected chi connectivity index (χ3v) is 4.74. The summed E-state index contributed by atoms with van der Waals surface area (Å²) in [4.78, 5) is 20.1. The van der Waals surface area contributed by atoms with Crippen LogP contribution in [0.15, 0.2) is 30.5 Å². The zero-order valence-corrected chi connectivity index (χ0v) is 13.7. The lowest BCUT2D eigenvalue weighted by Gasteiger charge is -2.23. The van der Waals surface area contributed by atoms with Crippen molar-refractivity contribution in [3.63, 3.8) is 0 Å². The lowest BCUT2D eigenvalue weighted by Crippen LogP contribution is -2.31. The molecule has 0 fully saturated rings. The van der Waals surface area contributed by atoms with Crippen LogP contribution in [0.3, 0.4) is 0 Å². The Morgan fingerprint density at radius 1 is 1.42 bits per heavy atom. The number of aromatic nitrogens is 4. The molecule has 0 saturated heterocycles. The van der Waals surface area contributed by atoms with Crippen molar-refractivity contribution < 1.29 is 4.79 Å². The number of rotatable bonds is 4. The smallest absolute Gasteiger partial charge is 0.220 e. The van der Waals surface area contributed by atoms with Gasteiger partial charge in [-0.15, -0.1) is 0 Å². The van der Waals surface area contributed by atoms with E-state index in [1.165, 1.54) is 11.3 Å². The monoisotopic (exact) mass is 323 g/mol. The first kappa shape index (κ1) is 14.9. The molecule has 0 bridgehead atoms. The quantitative estimate of drug-likeness (QED) is 0.774. The Labute approximate surface area is 140 Å². The van der Waals surface area contributed by atoms with Gasteiger partial charge in [0, 0.05) is 31.1 Å². The molecule has 0 unspecified atom stereocenters. The molecule has 0 spiro atoms. The maximum absolute atomic E-state index is 12.3. The van der Waals surface area contributed by atoms with Crippen molar-refractivity contribution in [2.75, 3.05) is 0 Å². The van der Waals surface area contributed by atoms with E-state index in [4.69, 9.17) is 0 Å². The fourth-order valence-electron chi connectivity index (χ4n) is 3.48. The van der Waals surface area contributed by atoms with E-state index in [1.54, 1.807) is 0 Å². The molecule has 3 aromatic rings. The van der Waals surface area contributed by atoms with E-state index < -0.39 is 0 Å². The van der Waals surface area contributed by atoms with Gasteiger partial charge in [0.15, 0.2) is 0 Å². The van der Waals surface area contributed by atoms with E-state index in [9.17, 15) is 4.79 Å². The number of imidazole rings is 1. The van der Waals surface area contributed by atoms with Crippen LogP contribution in [0.25, 0.3) is 11.0 Å². The molecule has 1 amide bonds. The number of aromatic amines is 1. The summed E-state index contributed by atoms with van der Waals surface area (Å²) >= 11 is 0.